The standard InChI is InChI=1S/C13H16ClNO/c14-11-5-3-6-12(8-11)15-9-10-4-1-2-7-13(10)16/h3,5-6,8,10,15H,1-2,4,7,9H2. The van der Waals surface area contributed by atoms with Crippen LogP contribution >= 0.6 is 11.6 Å². The lowest BCUT2D eigenvalue weighted by atomic mass is 9.88. The van der Waals surface area contributed by atoms with Gasteiger partial charge in [0.2, 0.25) is 0 Å². The van der Waals surface area contributed by atoms with Crippen molar-refractivity contribution >= 4 is 23.1 Å². The Bertz CT molecular complexity index is 378. The predicted molar refractivity (Wildman–Crippen MR) is 66.9 cm³/mol. The maximum absolute atomic E-state index is 11.6. The van der Waals surface area contributed by atoms with Gasteiger partial charge in [-0.1, -0.05) is 24.1 Å². The van der Waals surface area contributed by atoms with Crippen LogP contribution in [0.25, 0.3) is 0 Å². The summed E-state index contributed by atoms with van der Waals surface area (Å²) in [5.74, 6) is 0.591. The molecule has 0 heterocycles. The minimum Gasteiger partial charge on any atom is -0.384 e. The van der Waals surface area contributed by atoms with Crippen molar-refractivity contribution in [2.24, 2.45) is 5.92 Å². The molecule has 3 heteroatoms. The van der Waals surface area contributed by atoms with Crippen molar-refractivity contribution in [2.75, 3.05) is 11.9 Å². The first-order valence-corrected chi connectivity index (χ1v) is 6.15. The first-order chi connectivity index (χ1) is 7.75. The summed E-state index contributed by atoms with van der Waals surface area (Å²) in [4.78, 5) is 11.6. The SMILES string of the molecule is O=C1CCCCC1CNc1cccc(Cl)c1. The van der Waals surface area contributed by atoms with Gasteiger partial charge < -0.3 is 5.32 Å². The van der Waals surface area contributed by atoms with E-state index in [2.05, 4.69) is 5.32 Å². The van der Waals surface area contributed by atoms with Crippen molar-refractivity contribution in [2.45, 2.75) is 25.7 Å². The molecular formula is C13H16ClNO. The number of halogens is 1. The van der Waals surface area contributed by atoms with Gasteiger partial charge >= 0.3 is 0 Å². The van der Waals surface area contributed by atoms with Gasteiger partial charge in [-0.3, -0.25) is 4.79 Å². The van der Waals surface area contributed by atoms with E-state index in [1.54, 1.807) is 0 Å². The van der Waals surface area contributed by atoms with Gasteiger partial charge in [0.05, 0.1) is 0 Å². The van der Waals surface area contributed by atoms with Crippen molar-refractivity contribution in [1.29, 1.82) is 0 Å². The molecule has 1 N–H and O–H groups in total. The average Bonchev–Trinajstić information content (AvgIpc) is 2.28. The van der Waals surface area contributed by atoms with E-state index in [0.29, 0.717) is 5.78 Å². The van der Waals surface area contributed by atoms with E-state index in [9.17, 15) is 4.79 Å². The quantitative estimate of drug-likeness (QED) is 0.872. The molecule has 0 amide bonds. The molecule has 16 heavy (non-hydrogen) atoms. The van der Waals surface area contributed by atoms with Crippen molar-refractivity contribution in [3.63, 3.8) is 0 Å². The highest BCUT2D eigenvalue weighted by molar-refractivity contribution is 6.30. The summed E-state index contributed by atoms with van der Waals surface area (Å²) in [5.41, 5.74) is 0.992. The van der Waals surface area contributed by atoms with Crippen molar-refractivity contribution in [3.05, 3.63) is 29.3 Å². The van der Waals surface area contributed by atoms with E-state index in [1.165, 1.54) is 6.42 Å². The number of carbonyl (C=O) groups excluding carboxylic acids is 1. The molecule has 1 saturated carbocycles. The summed E-state index contributed by atoms with van der Waals surface area (Å²) >= 11 is 5.89. The van der Waals surface area contributed by atoms with E-state index in [0.717, 1.165) is 36.5 Å². The predicted octanol–water partition coefficient (Wildman–Crippen LogP) is 3.51. The zero-order valence-corrected chi connectivity index (χ0v) is 9.96. The number of hydrogen-bond acceptors (Lipinski definition) is 2. The molecule has 1 atom stereocenters. The lowest BCUT2D eigenvalue weighted by molar-refractivity contribution is -0.124. The molecule has 86 valence electrons. The maximum Gasteiger partial charge on any atom is 0.137 e. The van der Waals surface area contributed by atoms with E-state index in [4.69, 9.17) is 11.6 Å². The Kier molecular flexibility index (Phi) is 3.83. The molecule has 0 radical (unpaired) electrons. The molecule has 1 aromatic rings. The number of rotatable bonds is 3. The average molecular weight is 238 g/mol. The van der Waals surface area contributed by atoms with Crippen LogP contribution in [0.4, 0.5) is 5.69 Å². The smallest absolute Gasteiger partial charge is 0.137 e. The topological polar surface area (TPSA) is 29.1 Å². The third-order valence-corrected chi connectivity index (χ3v) is 3.29. The Morgan fingerprint density at radius 1 is 1.38 bits per heavy atom. The minimum atomic E-state index is 0.188. The van der Waals surface area contributed by atoms with Gasteiger partial charge in [-0.2, -0.15) is 0 Å². The van der Waals surface area contributed by atoms with Gasteiger partial charge in [-0.25, -0.2) is 0 Å². The first-order valence-electron chi connectivity index (χ1n) is 5.78. The zero-order valence-electron chi connectivity index (χ0n) is 9.21. The molecule has 0 aromatic heterocycles. The fourth-order valence-electron chi connectivity index (χ4n) is 2.11. The number of carbonyl (C=O) groups is 1. The fraction of sp³-hybridized carbons (Fsp3) is 0.462. The monoisotopic (exact) mass is 237 g/mol. The zero-order chi connectivity index (χ0) is 11.4. The first kappa shape index (κ1) is 11.5. The van der Waals surface area contributed by atoms with Gasteiger partial charge in [-0.05, 0) is 31.0 Å². The highest BCUT2D eigenvalue weighted by atomic mass is 35.5. The van der Waals surface area contributed by atoms with Crippen LogP contribution in [-0.4, -0.2) is 12.3 Å². The summed E-state index contributed by atoms with van der Waals surface area (Å²) < 4.78 is 0. The number of anilines is 1. The van der Waals surface area contributed by atoms with E-state index in [1.807, 2.05) is 24.3 Å². The Morgan fingerprint density at radius 3 is 3.00 bits per heavy atom. The summed E-state index contributed by atoms with van der Waals surface area (Å²) in [7, 11) is 0. The van der Waals surface area contributed by atoms with E-state index in [-0.39, 0.29) is 5.92 Å². The van der Waals surface area contributed by atoms with Crippen LogP contribution in [-0.2, 0) is 4.79 Å². The third kappa shape index (κ3) is 2.99. The van der Waals surface area contributed by atoms with Crippen LogP contribution in [0.5, 0.6) is 0 Å². The Labute approximate surface area is 101 Å². The molecule has 1 unspecified atom stereocenters. The highest BCUT2D eigenvalue weighted by Crippen LogP contribution is 2.22. The number of Topliss-reactive ketones (excluding diaryl/α,β-unsaturated/α-hetero) is 1. The number of hydrogen-bond donors (Lipinski definition) is 1. The van der Waals surface area contributed by atoms with Gasteiger partial charge in [0.1, 0.15) is 5.78 Å². The second-order valence-electron chi connectivity index (χ2n) is 4.30. The third-order valence-electron chi connectivity index (χ3n) is 3.06. The molecule has 1 aliphatic carbocycles. The minimum absolute atomic E-state index is 0.188. The Hall–Kier alpha value is -1.02. The molecule has 2 rings (SSSR count). The van der Waals surface area contributed by atoms with Crippen LogP contribution < -0.4 is 5.32 Å². The van der Waals surface area contributed by atoms with Crippen molar-refractivity contribution in [3.8, 4) is 0 Å². The molecule has 1 aliphatic rings. The molecule has 2 nitrogen and oxygen atoms in total. The largest absolute Gasteiger partial charge is 0.384 e. The maximum atomic E-state index is 11.6. The van der Waals surface area contributed by atoms with Gasteiger partial charge in [0.15, 0.2) is 0 Å². The number of nitrogens with one attached hydrogen (secondary N) is 1. The second-order valence-corrected chi connectivity index (χ2v) is 4.74. The lowest BCUT2D eigenvalue weighted by Crippen LogP contribution is -2.26. The molecule has 0 bridgehead atoms. The molecular weight excluding hydrogens is 222 g/mol. The van der Waals surface area contributed by atoms with Crippen LogP contribution in [0.1, 0.15) is 25.7 Å². The van der Waals surface area contributed by atoms with Gasteiger partial charge in [-0.15, -0.1) is 0 Å². The molecule has 1 aromatic carbocycles. The fourth-order valence-corrected chi connectivity index (χ4v) is 2.30. The normalized spacial score (nSPS) is 20.8. The van der Waals surface area contributed by atoms with Gasteiger partial charge in [0, 0.05) is 29.6 Å². The van der Waals surface area contributed by atoms with Crippen molar-refractivity contribution < 1.29 is 4.79 Å². The van der Waals surface area contributed by atoms with E-state index < -0.39 is 0 Å². The second kappa shape index (κ2) is 5.35. The van der Waals surface area contributed by atoms with Crippen LogP contribution in [0.2, 0.25) is 5.02 Å². The summed E-state index contributed by atoms with van der Waals surface area (Å²) in [6, 6.07) is 7.61. The molecule has 0 spiro atoms. The Balaban J connectivity index is 1.89. The lowest BCUT2D eigenvalue weighted by Gasteiger charge is -2.21. The highest BCUT2D eigenvalue weighted by Gasteiger charge is 2.21. The molecule has 0 saturated heterocycles. The molecule has 0 aliphatic heterocycles. The Morgan fingerprint density at radius 2 is 2.25 bits per heavy atom. The van der Waals surface area contributed by atoms with Crippen LogP contribution in [0, 0.1) is 5.92 Å². The van der Waals surface area contributed by atoms with Crippen LogP contribution in [0.15, 0.2) is 24.3 Å². The summed E-state index contributed by atoms with van der Waals surface area (Å²) in [6.07, 6.45) is 4.01. The molecule has 1 fully saturated rings. The van der Waals surface area contributed by atoms with Crippen LogP contribution in [0.3, 0.4) is 0 Å². The summed E-state index contributed by atoms with van der Waals surface area (Å²) in [5, 5.41) is 4.00. The number of benzene rings is 1. The number of ketones is 1. The van der Waals surface area contributed by atoms with Gasteiger partial charge in [0.25, 0.3) is 0 Å². The van der Waals surface area contributed by atoms with E-state index >= 15 is 0 Å². The summed E-state index contributed by atoms with van der Waals surface area (Å²) in [6.45, 7) is 0.735. The van der Waals surface area contributed by atoms with Crippen molar-refractivity contribution in [1.82, 2.24) is 0 Å².